The minimum atomic E-state index is -0.262. The van der Waals surface area contributed by atoms with Gasteiger partial charge in [0.05, 0.1) is 5.01 Å². The van der Waals surface area contributed by atoms with Crippen LogP contribution in [0.1, 0.15) is 21.1 Å². The van der Waals surface area contributed by atoms with Gasteiger partial charge in [0.15, 0.2) is 11.5 Å². The average Bonchev–Trinajstić information content (AvgIpc) is 3.10. The van der Waals surface area contributed by atoms with Crippen LogP contribution in [-0.2, 0) is 0 Å². The van der Waals surface area contributed by atoms with E-state index in [4.69, 9.17) is 4.42 Å². The van der Waals surface area contributed by atoms with Crippen molar-refractivity contribution in [2.75, 3.05) is 5.32 Å². The molecule has 106 valence electrons. The highest BCUT2D eigenvalue weighted by Crippen LogP contribution is 2.24. The molecular weight excluding hydrogens is 284 g/mol. The van der Waals surface area contributed by atoms with Crippen LogP contribution >= 0.6 is 11.3 Å². The fourth-order valence-corrected chi connectivity index (χ4v) is 2.57. The van der Waals surface area contributed by atoms with Crippen molar-refractivity contribution >= 4 is 22.9 Å². The molecule has 4 nitrogen and oxygen atoms in total. The van der Waals surface area contributed by atoms with Crippen molar-refractivity contribution in [2.24, 2.45) is 0 Å². The molecular formula is C16H14N2O2S. The van der Waals surface area contributed by atoms with Crippen LogP contribution < -0.4 is 5.32 Å². The topological polar surface area (TPSA) is 55.1 Å². The Hall–Kier alpha value is -2.40. The zero-order valence-electron chi connectivity index (χ0n) is 11.7. The normalized spacial score (nSPS) is 10.6. The largest absolute Gasteiger partial charge is 0.449 e. The number of nitrogens with zero attached hydrogens (tertiary/aromatic N) is 1. The van der Waals surface area contributed by atoms with Crippen molar-refractivity contribution < 1.29 is 9.21 Å². The van der Waals surface area contributed by atoms with Crippen LogP contribution in [-0.4, -0.2) is 10.9 Å². The molecule has 0 atom stereocenters. The summed E-state index contributed by atoms with van der Waals surface area (Å²) in [6.07, 6.45) is 0. The van der Waals surface area contributed by atoms with Gasteiger partial charge in [-0.2, -0.15) is 0 Å². The summed E-state index contributed by atoms with van der Waals surface area (Å²) >= 11 is 1.55. The zero-order valence-corrected chi connectivity index (χ0v) is 12.5. The molecule has 0 unspecified atom stereocenters. The molecule has 0 aliphatic heterocycles. The highest BCUT2D eigenvalue weighted by atomic mass is 32.1. The van der Waals surface area contributed by atoms with Crippen LogP contribution in [0.2, 0.25) is 0 Å². The van der Waals surface area contributed by atoms with E-state index in [2.05, 4.69) is 10.3 Å². The molecule has 0 radical (unpaired) electrons. The van der Waals surface area contributed by atoms with Crippen LogP contribution in [0.4, 0.5) is 5.69 Å². The molecule has 1 amide bonds. The van der Waals surface area contributed by atoms with Gasteiger partial charge in [0, 0.05) is 11.1 Å². The third-order valence-corrected chi connectivity index (χ3v) is 3.87. The first-order valence-electron chi connectivity index (χ1n) is 6.53. The summed E-state index contributed by atoms with van der Waals surface area (Å²) in [4.78, 5) is 16.5. The molecule has 0 saturated heterocycles. The number of furan rings is 1. The third kappa shape index (κ3) is 2.87. The molecule has 3 aromatic rings. The molecule has 2 heterocycles. The predicted molar refractivity (Wildman–Crippen MR) is 83.7 cm³/mol. The highest BCUT2D eigenvalue weighted by Gasteiger charge is 2.14. The minimum Gasteiger partial charge on any atom is -0.449 e. The summed E-state index contributed by atoms with van der Waals surface area (Å²) in [5.41, 5.74) is 2.55. The molecule has 0 aliphatic carbocycles. The molecule has 0 bridgehead atoms. The van der Waals surface area contributed by atoms with Crippen LogP contribution in [0.25, 0.3) is 11.5 Å². The number of amides is 1. The number of carbonyl (C=O) groups is 1. The number of thiazole rings is 1. The lowest BCUT2D eigenvalue weighted by Gasteiger charge is -2.05. The number of aryl methyl sites for hydroxylation is 2. The summed E-state index contributed by atoms with van der Waals surface area (Å²) in [5.74, 6) is 0.621. The Morgan fingerprint density at radius 3 is 2.71 bits per heavy atom. The molecule has 0 aliphatic rings. The summed E-state index contributed by atoms with van der Waals surface area (Å²) in [6.45, 7) is 3.88. The monoisotopic (exact) mass is 298 g/mol. The molecule has 0 fully saturated rings. The number of benzene rings is 1. The van der Waals surface area contributed by atoms with Crippen molar-refractivity contribution in [3.05, 3.63) is 58.1 Å². The molecule has 1 aromatic carbocycles. The number of para-hydroxylation sites is 1. The smallest absolute Gasteiger partial charge is 0.291 e. The lowest BCUT2D eigenvalue weighted by Crippen LogP contribution is -2.11. The van der Waals surface area contributed by atoms with Gasteiger partial charge in [-0.25, -0.2) is 4.98 Å². The van der Waals surface area contributed by atoms with Crippen molar-refractivity contribution in [1.82, 2.24) is 4.98 Å². The number of carbonyl (C=O) groups excluding carboxylic acids is 1. The summed E-state index contributed by atoms with van der Waals surface area (Å²) < 4.78 is 5.59. The molecule has 1 N–H and O–H groups in total. The highest BCUT2D eigenvalue weighted by molar-refractivity contribution is 7.09. The Morgan fingerprint density at radius 1 is 1.19 bits per heavy atom. The van der Waals surface area contributed by atoms with E-state index in [1.165, 1.54) is 0 Å². The average molecular weight is 298 g/mol. The number of nitrogens with one attached hydrogen (secondary N) is 1. The quantitative estimate of drug-likeness (QED) is 0.785. The fraction of sp³-hybridized carbons (Fsp3) is 0.125. The number of hydrogen-bond acceptors (Lipinski definition) is 4. The van der Waals surface area contributed by atoms with E-state index in [0.29, 0.717) is 5.76 Å². The number of rotatable bonds is 3. The Bertz CT molecular complexity index is 789. The summed E-state index contributed by atoms with van der Waals surface area (Å²) in [5, 5.41) is 5.72. The van der Waals surface area contributed by atoms with Crippen LogP contribution in [0.15, 0.2) is 46.2 Å². The Kier molecular flexibility index (Phi) is 3.58. The first-order valence-corrected chi connectivity index (χ1v) is 7.41. The molecule has 2 aromatic heterocycles. The minimum absolute atomic E-state index is 0.262. The van der Waals surface area contributed by atoms with Gasteiger partial charge in [0.1, 0.15) is 5.69 Å². The fourth-order valence-electron chi connectivity index (χ4n) is 1.97. The Morgan fingerprint density at radius 2 is 2.00 bits per heavy atom. The predicted octanol–water partition coefficient (Wildman–Crippen LogP) is 4.27. The zero-order chi connectivity index (χ0) is 14.8. The van der Waals surface area contributed by atoms with E-state index >= 15 is 0 Å². The van der Waals surface area contributed by atoms with Gasteiger partial charge in [-0.1, -0.05) is 18.2 Å². The van der Waals surface area contributed by atoms with Gasteiger partial charge in [0.25, 0.3) is 5.91 Å². The lowest BCUT2D eigenvalue weighted by molar-refractivity contribution is 0.0997. The van der Waals surface area contributed by atoms with Gasteiger partial charge in [0.2, 0.25) is 0 Å². The second kappa shape index (κ2) is 5.54. The maximum Gasteiger partial charge on any atom is 0.291 e. The van der Waals surface area contributed by atoms with Gasteiger partial charge >= 0.3 is 0 Å². The maximum atomic E-state index is 12.2. The van der Waals surface area contributed by atoms with E-state index in [1.807, 2.05) is 43.5 Å². The van der Waals surface area contributed by atoms with Gasteiger partial charge in [-0.05, 0) is 37.6 Å². The van der Waals surface area contributed by atoms with E-state index in [1.54, 1.807) is 23.5 Å². The maximum absolute atomic E-state index is 12.2. The Balaban J connectivity index is 1.80. The van der Waals surface area contributed by atoms with Crippen molar-refractivity contribution in [3.8, 4) is 11.5 Å². The first kappa shape index (κ1) is 13.6. The van der Waals surface area contributed by atoms with Crippen molar-refractivity contribution in [2.45, 2.75) is 13.8 Å². The van der Waals surface area contributed by atoms with Crippen LogP contribution in [0, 0.1) is 13.8 Å². The third-order valence-electron chi connectivity index (χ3n) is 3.09. The van der Waals surface area contributed by atoms with Gasteiger partial charge in [-0.15, -0.1) is 11.3 Å². The Labute approximate surface area is 126 Å². The number of hydrogen-bond donors (Lipinski definition) is 1. The van der Waals surface area contributed by atoms with E-state index in [0.717, 1.165) is 22.0 Å². The van der Waals surface area contributed by atoms with Crippen molar-refractivity contribution in [1.29, 1.82) is 0 Å². The van der Waals surface area contributed by atoms with Crippen LogP contribution in [0.5, 0.6) is 0 Å². The molecule has 0 spiro atoms. The first-order chi connectivity index (χ1) is 10.1. The van der Waals surface area contributed by atoms with Crippen LogP contribution in [0.3, 0.4) is 0 Å². The number of anilines is 1. The molecule has 21 heavy (non-hydrogen) atoms. The molecule has 5 heteroatoms. The van der Waals surface area contributed by atoms with Crippen molar-refractivity contribution in [3.63, 3.8) is 0 Å². The second-order valence-electron chi connectivity index (χ2n) is 4.68. The molecule has 0 saturated carbocycles. The standard InChI is InChI=1S/C16H14N2O2S/c1-10-5-3-4-6-12(10)18-16(19)15-8-7-14(20-15)13-9-21-11(2)17-13/h3-9H,1-2H3,(H,18,19). The van der Waals surface area contributed by atoms with Gasteiger partial charge in [-0.3, -0.25) is 4.79 Å². The number of aromatic nitrogens is 1. The van der Waals surface area contributed by atoms with Gasteiger partial charge < -0.3 is 9.73 Å². The summed E-state index contributed by atoms with van der Waals surface area (Å²) in [6, 6.07) is 11.1. The van der Waals surface area contributed by atoms with E-state index < -0.39 is 0 Å². The second-order valence-corrected chi connectivity index (χ2v) is 5.75. The SMILES string of the molecule is Cc1nc(-c2ccc(C(=O)Nc3ccccc3C)o2)cs1. The summed E-state index contributed by atoms with van der Waals surface area (Å²) in [7, 11) is 0. The van der Waals surface area contributed by atoms with E-state index in [9.17, 15) is 4.79 Å². The lowest BCUT2D eigenvalue weighted by atomic mass is 10.2. The van der Waals surface area contributed by atoms with E-state index in [-0.39, 0.29) is 11.7 Å². The molecule has 3 rings (SSSR count).